The van der Waals surface area contributed by atoms with Crippen LogP contribution in [0.15, 0.2) is 53.6 Å². The van der Waals surface area contributed by atoms with Gasteiger partial charge in [-0.2, -0.15) is 10.2 Å². The summed E-state index contributed by atoms with van der Waals surface area (Å²) in [5, 5.41) is 20.4. The minimum Gasteiger partial charge on any atom is -0.278 e. The number of hydrogen-bond acceptors (Lipinski definition) is 5. The number of hydrogen-bond donors (Lipinski definition) is 1. The van der Waals surface area contributed by atoms with Crippen LogP contribution in [0.4, 0.5) is 11.4 Å². The Morgan fingerprint density at radius 2 is 1.85 bits per heavy atom. The molecule has 0 radical (unpaired) electrons. The number of nitrogens with one attached hydrogen (secondary N) is 1. The second kappa shape index (κ2) is 8.20. The first-order valence-corrected chi connectivity index (χ1v) is 8.70. The number of halogens is 2. The average Bonchev–Trinajstić information content (AvgIpc) is 2.91. The van der Waals surface area contributed by atoms with Gasteiger partial charge in [-0.05, 0) is 36.8 Å². The third-order valence-corrected chi connectivity index (χ3v) is 4.47. The zero-order valence-corrected chi connectivity index (χ0v) is 15.8. The Morgan fingerprint density at radius 1 is 1.19 bits per heavy atom. The van der Waals surface area contributed by atoms with Crippen molar-refractivity contribution in [1.29, 1.82) is 0 Å². The van der Waals surface area contributed by atoms with Gasteiger partial charge in [-0.3, -0.25) is 15.5 Å². The average molecular weight is 404 g/mol. The van der Waals surface area contributed by atoms with Gasteiger partial charge >= 0.3 is 0 Å². The summed E-state index contributed by atoms with van der Waals surface area (Å²) >= 11 is 12.3. The van der Waals surface area contributed by atoms with Gasteiger partial charge in [0.1, 0.15) is 5.15 Å². The molecule has 0 atom stereocenters. The second-order valence-corrected chi connectivity index (χ2v) is 6.54. The van der Waals surface area contributed by atoms with Crippen LogP contribution < -0.4 is 5.43 Å². The maximum Gasteiger partial charge on any atom is 0.269 e. The zero-order valence-electron chi connectivity index (χ0n) is 14.3. The fraction of sp³-hybridized carbons (Fsp3) is 0.111. The quantitative estimate of drug-likeness (QED) is 0.360. The normalized spacial score (nSPS) is 11.1. The Morgan fingerprint density at radius 3 is 2.48 bits per heavy atom. The molecule has 2 aromatic carbocycles. The van der Waals surface area contributed by atoms with Crippen molar-refractivity contribution in [1.82, 2.24) is 9.78 Å². The van der Waals surface area contributed by atoms with Crippen molar-refractivity contribution in [3.05, 3.63) is 85.6 Å². The van der Waals surface area contributed by atoms with E-state index in [2.05, 4.69) is 15.6 Å². The second-order valence-electron chi connectivity index (χ2n) is 5.75. The summed E-state index contributed by atoms with van der Waals surface area (Å²) in [6, 6.07) is 13.4. The van der Waals surface area contributed by atoms with Gasteiger partial charge in [0, 0.05) is 17.2 Å². The van der Waals surface area contributed by atoms with Gasteiger partial charge in [0.2, 0.25) is 0 Å². The number of rotatable bonds is 6. The van der Waals surface area contributed by atoms with E-state index in [1.165, 1.54) is 12.1 Å². The van der Waals surface area contributed by atoms with Crippen molar-refractivity contribution in [2.75, 3.05) is 5.43 Å². The van der Waals surface area contributed by atoms with Gasteiger partial charge in [0.15, 0.2) is 0 Å². The maximum absolute atomic E-state index is 10.7. The fourth-order valence-electron chi connectivity index (χ4n) is 2.41. The van der Waals surface area contributed by atoms with Gasteiger partial charge in [-0.1, -0.05) is 35.3 Å². The highest BCUT2D eigenvalue weighted by atomic mass is 35.5. The Balaban J connectivity index is 1.71. The topological polar surface area (TPSA) is 85.3 Å². The van der Waals surface area contributed by atoms with Gasteiger partial charge in [0.05, 0.1) is 34.6 Å². The van der Waals surface area contributed by atoms with Crippen LogP contribution in [0.1, 0.15) is 16.8 Å². The molecule has 0 saturated carbocycles. The molecule has 9 heteroatoms. The first-order chi connectivity index (χ1) is 12.9. The lowest BCUT2D eigenvalue weighted by molar-refractivity contribution is -0.384. The van der Waals surface area contributed by atoms with Crippen molar-refractivity contribution in [2.24, 2.45) is 5.10 Å². The highest BCUT2D eigenvalue weighted by Gasteiger charge is 2.12. The SMILES string of the molecule is Cc1nn(Cc2ccc(Cl)cc2)c(Cl)c1/C=N/Nc1ccc([N+](=O)[O-])cc1. The van der Waals surface area contributed by atoms with Crippen LogP contribution in [0, 0.1) is 17.0 Å². The van der Waals surface area contributed by atoms with Crippen molar-refractivity contribution in [2.45, 2.75) is 13.5 Å². The predicted octanol–water partition coefficient (Wildman–Crippen LogP) is 4.90. The Kier molecular flexibility index (Phi) is 5.73. The minimum atomic E-state index is -0.453. The summed E-state index contributed by atoms with van der Waals surface area (Å²) in [7, 11) is 0. The number of nitrogens with zero attached hydrogens (tertiary/aromatic N) is 4. The molecule has 1 N–H and O–H groups in total. The summed E-state index contributed by atoms with van der Waals surface area (Å²) in [5.74, 6) is 0. The van der Waals surface area contributed by atoms with Crippen molar-refractivity contribution >= 4 is 40.8 Å². The lowest BCUT2D eigenvalue weighted by Crippen LogP contribution is -2.02. The molecule has 1 aromatic heterocycles. The molecule has 0 unspecified atom stereocenters. The third-order valence-electron chi connectivity index (χ3n) is 3.82. The molecule has 0 saturated heterocycles. The summed E-state index contributed by atoms with van der Waals surface area (Å²) in [5.41, 5.74) is 5.92. The number of nitro groups is 1. The summed E-state index contributed by atoms with van der Waals surface area (Å²) in [4.78, 5) is 10.2. The van der Waals surface area contributed by atoms with Gasteiger partial charge in [0.25, 0.3) is 5.69 Å². The van der Waals surface area contributed by atoms with E-state index in [1.807, 2.05) is 31.2 Å². The Labute approximate surface area is 165 Å². The van der Waals surface area contributed by atoms with Crippen molar-refractivity contribution in [3.63, 3.8) is 0 Å². The number of aryl methyl sites for hydroxylation is 1. The van der Waals surface area contributed by atoms with Crippen molar-refractivity contribution < 1.29 is 4.92 Å². The van der Waals surface area contributed by atoms with Gasteiger partial charge < -0.3 is 0 Å². The number of aromatic nitrogens is 2. The molecule has 3 rings (SSSR count). The lowest BCUT2D eigenvalue weighted by atomic mass is 10.2. The number of anilines is 1. The van der Waals surface area contributed by atoms with Crippen LogP contribution in [0.3, 0.4) is 0 Å². The van der Waals surface area contributed by atoms with E-state index in [-0.39, 0.29) is 5.69 Å². The van der Waals surface area contributed by atoms with Crippen molar-refractivity contribution in [3.8, 4) is 0 Å². The molecule has 0 aliphatic heterocycles. The summed E-state index contributed by atoms with van der Waals surface area (Å²) < 4.78 is 1.69. The molecule has 7 nitrogen and oxygen atoms in total. The zero-order chi connectivity index (χ0) is 19.4. The molecular weight excluding hydrogens is 389 g/mol. The molecule has 1 heterocycles. The van der Waals surface area contributed by atoms with E-state index in [9.17, 15) is 10.1 Å². The smallest absolute Gasteiger partial charge is 0.269 e. The van der Waals surface area contributed by atoms with E-state index >= 15 is 0 Å². The van der Waals surface area contributed by atoms with Gasteiger partial charge in [-0.25, -0.2) is 4.68 Å². The van der Waals surface area contributed by atoms with Crippen LogP contribution in [0.2, 0.25) is 10.2 Å². The van der Waals surface area contributed by atoms with E-state index in [4.69, 9.17) is 23.2 Å². The summed E-state index contributed by atoms with van der Waals surface area (Å²) in [6.45, 7) is 2.36. The molecule has 0 aliphatic carbocycles. The molecular formula is C18H15Cl2N5O2. The standard InChI is InChI=1S/C18H15Cl2N5O2/c1-12-17(10-21-22-15-6-8-16(9-7-15)25(26)27)18(20)24(23-12)11-13-2-4-14(19)5-3-13/h2-10,22H,11H2,1H3/b21-10+. The van der Waals surface area contributed by atoms with Crippen LogP contribution in [0.5, 0.6) is 0 Å². The monoisotopic (exact) mass is 403 g/mol. The first-order valence-electron chi connectivity index (χ1n) is 7.95. The molecule has 138 valence electrons. The molecule has 0 fully saturated rings. The van der Waals surface area contributed by atoms with E-state index in [0.29, 0.717) is 28.0 Å². The molecule has 3 aromatic rings. The number of hydrazone groups is 1. The molecule has 0 spiro atoms. The predicted molar refractivity (Wildman–Crippen MR) is 107 cm³/mol. The highest BCUT2D eigenvalue weighted by Crippen LogP contribution is 2.20. The van der Waals surface area contributed by atoms with Crippen LogP contribution in [-0.2, 0) is 6.54 Å². The van der Waals surface area contributed by atoms with E-state index < -0.39 is 4.92 Å². The molecule has 0 bridgehead atoms. The van der Waals surface area contributed by atoms with E-state index in [0.717, 1.165) is 11.3 Å². The van der Waals surface area contributed by atoms with Crippen LogP contribution >= 0.6 is 23.2 Å². The largest absolute Gasteiger partial charge is 0.278 e. The number of nitro benzene ring substituents is 1. The molecule has 0 amide bonds. The maximum atomic E-state index is 10.7. The fourth-order valence-corrected chi connectivity index (χ4v) is 2.82. The first kappa shape index (κ1) is 18.9. The highest BCUT2D eigenvalue weighted by molar-refractivity contribution is 6.32. The Hall–Kier alpha value is -2.90. The third kappa shape index (κ3) is 4.64. The Bertz CT molecular complexity index is 982. The minimum absolute atomic E-state index is 0.0203. The van der Waals surface area contributed by atoms with Crippen LogP contribution in [-0.4, -0.2) is 20.9 Å². The molecule has 27 heavy (non-hydrogen) atoms. The van der Waals surface area contributed by atoms with Crippen LogP contribution in [0.25, 0.3) is 0 Å². The van der Waals surface area contributed by atoms with Gasteiger partial charge in [-0.15, -0.1) is 0 Å². The molecule has 0 aliphatic rings. The number of non-ortho nitro benzene ring substituents is 1. The summed E-state index contributed by atoms with van der Waals surface area (Å²) in [6.07, 6.45) is 1.57. The van der Waals surface area contributed by atoms with E-state index in [1.54, 1.807) is 23.0 Å². The lowest BCUT2D eigenvalue weighted by Gasteiger charge is -2.03. The number of benzene rings is 2.